The van der Waals surface area contributed by atoms with Gasteiger partial charge in [0, 0.05) is 6.54 Å². The third kappa shape index (κ3) is 2.73. The zero-order chi connectivity index (χ0) is 11.2. The van der Waals surface area contributed by atoms with Crippen molar-refractivity contribution in [2.24, 2.45) is 0 Å². The highest BCUT2D eigenvalue weighted by atomic mass is 14.8. The van der Waals surface area contributed by atoms with Gasteiger partial charge in [-0.2, -0.15) is 0 Å². The summed E-state index contributed by atoms with van der Waals surface area (Å²) < 4.78 is 0. The lowest BCUT2D eigenvalue weighted by molar-refractivity contribution is 0.736. The van der Waals surface area contributed by atoms with Crippen molar-refractivity contribution in [3.63, 3.8) is 0 Å². The van der Waals surface area contributed by atoms with Crippen LogP contribution in [0.3, 0.4) is 0 Å². The van der Waals surface area contributed by atoms with Gasteiger partial charge in [-0.15, -0.1) is 0 Å². The molecule has 0 amide bonds. The monoisotopic (exact) mass is 214 g/mol. The van der Waals surface area contributed by atoms with Gasteiger partial charge in [0.2, 0.25) is 0 Å². The van der Waals surface area contributed by atoms with Crippen molar-refractivity contribution in [2.45, 2.75) is 32.6 Å². The normalized spacial score (nSPS) is 15.9. The van der Waals surface area contributed by atoms with Crippen LogP contribution in [-0.4, -0.2) is 13.1 Å². The summed E-state index contributed by atoms with van der Waals surface area (Å²) >= 11 is 0. The van der Waals surface area contributed by atoms with Crippen LogP contribution in [0.15, 0.2) is 24.3 Å². The van der Waals surface area contributed by atoms with E-state index < -0.39 is 0 Å². The molecule has 85 valence electrons. The number of nitrogens with one attached hydrogen (secondary N) is 1. The van der Waals surface area contributed by atoms with Gasteiger partial charge in [0.05, 0.1) is 0 Å². The molecule has 0 spiro atoms. The number of rotatable bonds is 4. The molecule has 1 aliphatic rings. The van der Waals surface area contributed by atoms with E-state index in [1.807, 2.05) is 6.07 Å². The number of unbranched alkanes of at least 4 members (excludes halogenated alkanes) is 1. The van der Waals surface area contributed by atoms with Crippen LogP contribution < -0.4 is 5.32 Å². The molecule has 0 aliphatic carbocycles. The Labute approximate surface area is 98.6 Å². The highest BCUT2D eigenvalue weighted by Gasteiger charge is 2.09. The van der Waals surface area contributed by atoms with Crippen LogP contribution in [0.5, 0.6) is 0 Å². The number of hydrogen-bond acceptors (Lipinski definition) is 1. The second-order valence-corrected chi connectivity index (χ2v) is 4.37. The first-order valence-electron chi connectivity index (χ1n) is 6.31. The maximum absolute atomic E-state index is 3.36. The van der Waals surface area contributed by atoms with Crippen LogP contribution in [0.25, 0.3) is 5.57 Å². The predicted octanol–water partition coefficient (Wildman–Crippen LogP) is 3.21. The van der Waals surface area contributed by atoms with Gasteiger partial charge in [-0.3, -0.25) is 0 Å². The molecular formula is C15H20N. The molecule has 1 heteroatoms. The zero-order valence-electron chi connectivity index (χ0n) is 10.1. The molecule has 1 N–H and O–H groups in total. The maximum atomic E-state index is 3.36. The van der Waals surface area contributed by atoms with Crippen molar-refractivity contribution in [2.75, 3.05) is 13.1 Å². The SMILES string of the molecule is CCCCc1cc[c]cc1C1=CCNCC1. The summed E-state index contributed by atoms with van der Waals surface area (Å²) in [5.41, 5.74) is 4.42. The third-order valence-corrected chi connectivity index (χ3v) is 3.16. The first kappa shape index (κ1) is 11.4. The fourth-order valence-electron chi connectivity index (χ4n) is 2.21. The second kappa shape index (κ2) is 5.86. The summed E-state index contributed by atoms with van der Waals surface area (Å²) in [6, 6.07) is 9.64. The van der Waals surface area contributed by atoms with E-state index in [2.05, 4.69) is 36.5 Å². The van der Waals surface area contributed by atoms with E-state index in [-0.39, 0.29) is 0 Å². The van der Waals surface area contributed by atoms with Gasteiger partial charge in [0.15, 0.2) is 0 Å². The Morgan fingerprint density at radius 2 is 2.38 bits per heavy atom. The second-order valence-electron chi connectivity index (χ2n) is 4.37. The Morgan fingerprint density at radius 1 is 1.44 bits per heavy atom. The Bertz CT molecular complexity index is 365. The van der Waals surface area contributed by atoms with Crippen LogP contribution in [-0.2, 0) is 6.42 Å². The lowest BCUT2D eigenvalue weighted by atomic mass is 9.93. The molecule has 1 nitrogen and oxygen atoms in total. The van der Waals surface area contributed by atoms with Crippen LogP contribution >= 0.6 is 0 Å². The summed E-state index contributed by atoms with van der Waals surface area (Å²) in [7, 11) is 0. The Hall–Kier alpha value is -1.08. The number of benzene rings is 1. The average Bonchev–Trinajstić information content (AvgIpc) is 2.38. The molecule has 1 aliphatic heterocycles. The zero-order valence-corrected chi connectivity index (χ0v) is 10.1. The van der Waals surface area contributed by atoms with E-state index in [1.165, 1.54) is 36.0 Å². The van der Waals surface area contributed by atoms with E-state index in [0.29, 0.717) is 0 Å². The van der Waals surface area contributed by atoms with E-state index >= 15 is 0 Å². The van der Waals surface area contributed by atoms with Crippen molar-refractivity contribution >= 4 is 5.57 Å². The van der Waals surface area contributed by atoms with Gasteiger partial charge in [-0.1, -0.05) is 31.6 Å². The van der Waals surface area contributed by atoms with Crippen molar-refractivity contribution in [3.05, 3.63) is 41.5 Å². The molecule has 1 aromatic carbocycles. The predicted molar refractivity (Wildman–Crippen MR) is 69.4 cm³/mol. The van der Waals surface area contributed by atoms with Crippen LogP contribution in [0.2, 0.25) is 0 Å². The molecule has 1 aromatic rings. The number of hydrogen-bond donors (Lipinski definition) is 1. The molecule has 0 unspecified atom stereocenters. The van der Waals surface area contributed by atoms with E-state index in [4.69, 9.17) is 0 Å². The maximum Gasteiger partial charge on any atom is 0.0140 e. The Balaban J connectivity index is 2.21. The Kier molecular flexibility index (Phi) is 4.17. The van der Waals surface area contributed by atoms with Crippen molar-refractivity contribution in [1.29, 1.82) is 0 Å². The summed E-state index contributed by atoms with van der Waals surface area (Å²) in [5, 5.41) is 3.36. The molecule has 1 heterocycles. The van der Waals surface area contributed by atoms with Gasteiger partial charge >= 0.3 is 0 Å². The highest BCUT2D eigenvalue weighted by Crippen LogP contribution is 2.24. The summed E-state index contributed by atoms with van der Waals surface area (Å²) in [6.45, 7) is 4.37. The van der Waals surface area contributed by atoms with Gasteiger partial charge in [-0.05, 0) is 54.6 Å². The summed E-state index contributed by atoms with van der Waals surface area (Å²) in [6.07, 6.45) is 7.21. The van der Waals surface area contributed by atoms with Crippen molar-refractivity contribution < 1.29 is 0 Å². The standard InChI is InChI=1S/C15H20N/c1-2-3-6-13-7-4-5-8-15(13)14-9-11-16-12-10-14/h4,7-9,16H,2-3,6,10-12H2,1H3. The van der Waals surface area contributed by atoms with Crippen molar-refractivity contribution in [1.82, 2.24) is 5.32 Å². The van der Waals surface area contributed by atoms with Crippen LogP contribution in [0.1, 0.15) is 37.3 Å². The average molecular weight is 214 g/mol. The molecular weight excluding hydrogens is 194 g/mol. The Morgan fingerprint density at radius 3 is 3.12 bits per heavy atom. The van der Waals surface area contributed by atoms with E-state index in [9.17, 15) is 0 Å². The lowest BCUT2D eigenvalue weighted by Crippen LogP contribution is -2.20. The first-order chi connectivity index (χ1) is 7.92. The molecule has 16 heavy (non-hydrogen) atoms. The van der Waals surface area contributed by atoms with Crippen LogP contribution in [0.4, 0.5) is 0 Å². The van der Waals surface area contributed by atoms with Gasteiger partial charge in [0.1, 0.15) is 0 Å². The minimum Gasteiger partial charge on any atom is -0.313 e. The highest BCUT2D eigenvalue weighted by molar-refractivity contribution is 5.69. The fourth-order valence-corrected chi connectivity index (χ4v) is 2.21. The van der Waals surface area contributed by atoms with Gasteiger partial charge in [0.25, 0.3) is 0 Å². The minimum atomic E-state index is 1.01. The van der Waals surface area contributed by atoms with Crippen molar-refractivity contribution in [3.8, 4) is 0 Å². The molecule has 0 fully saturated rings. The van der Waals surface area contributed by atoms with E-state index in [0.717, 1.165) is 19.5 Å². The summed E-state index contributed by atoms with van der Waals surface area (Å²) in [5.74, 6) is 0. The molecule has 1 radical (unpaired) electrons. The fraction of sp³-hybridized carbons (Fsp3) is 0.467. The lowest BCUT2D eigenvalue weighted by Gasteiger charge is -2.17. The van der Waals surface area contributed by atoms with Gasteiger partial charge in [-0.25, -0.2) is 0 Å². The smallest absolute Gasteiger partial charge is 0.0140 e. The first-order valence-corrected chi connectivity index (χ1v) is 6.31. The minimum absolute atomic E-state index is 1.01. The molecule has 0 saturated carbocycles. The molecule has 0 saturated heterocycles. The molecule has 0 atom stereocenters. The van der Waals surface area contributed by atoms with Gasteiger partial charge < -0.3 is 5.32 Å². The third-order valence-electron chi connectivity index (χ3n) is 3.16. The topological polar surface area (TPSA) is 12.0 Å². The largest absolute Gasteiger partial charge is 0.313 e. The van der Waals surface area contributed by atoms with Crippen LogP contribution in [0, 0.1) is 6.07 Å². The molecule has 0 bridgehead atoms. The quantitative estimate of drug-likeness (QED) is 0.811. The molecule has 0 aromatic heterocycles. The summed E-state index contributed by atoms with van der Waals surface area (Å²) in [4.78, 5) is 0. The number of aryl methyl sites for hydroxylation is 1. The molecule has 2 rings (SSSR count). The van der Waals surface area contributed by atoms with E-state index in [1.54, 1.807) is 0 Å².